The number of carbonyl (C=O) groups is 1. The molecule has 0 fully saturated rings. The predicted octanol–water partition coefficient (Wildman–Crippen LogP) is 4.27. The van der Waals surface area contributed by atoms with E-state index >= 15 is 0 Å². The first-order valence-corrected chi connectivity index (χ1v) is 6.96. The van der Waals surface area contributed by atoms with Gasteiger partial charge in [-0.05, 0) is 65.4 Å². The number of pyridine rings is 1. The summed E-state index contributed by atoms with van der Waals surface area (Å²) in [5.74, 6) is -0.500. The van der Waals surface area contributed by atoms with Crippen LogP contribution in [0.15, 0.2) is 36.5 Å². The van der Waals surface area contributed by atoms with Crippen LogP contribution in [0.1, 0.15) is 21.6 Å². The fourth-order valence-corrected chi connectivity index (χ4v) is 2.30. The molecule has 2 rings (SSSR count). The molecule has 0 aliphatic carbocycles. The van der Waals surface area contributed by atoms with E-state index in [4.69, 9.17) is 0 Å². The normalized spacial score (nSPS) is 11.3. The summed E-state index contributed by atoms with van der Waals surface area (Å²) in [6, 6.07) is 7.35. The quantitative estimate of drug-likeness (QED) is 0.758. The second-order valence-corrected chi connectivity index (χ2v) is 5.59. The molecule has 21 heavy (non-hydrogen) atoms. The number of nitrogens with zero attached hydrogens (tertiary/aromatic N) is 1. The third-order valence-electron chi connectivity index (χ3n) is 2.75. The molecule has 2 aromatic rings. The summed E-state index contributed by atoms with van der Waals surface area (Å²) in [6.45, 7) is 1.84. The Morgan fingerprint density at radius 3 is 2.48 bits per heavy atom. The molecule has 7 heteroatoms. The van der Waals surface area contributed by atoms with Gasteiger partial charge in [-0.25, -0.2) is 0 Å². The lowest BCUT2D eigenvalue weighted by Crippen LogP contribution is -2.14. The molecule has 0 saturated heterocycles. The highest BCUT2D eigenvalue weighted by molar-refractivity contribution is 14.1. The van der Waals surface area contributed by atoms with Gasteiger partial charge in [0, 0.05) is 15.5 Å². The number of carbonyl (C=O) groups excluding carboxylic acids is 1. The molecule has 110 valence electrons. The number of benzene rings is 1. The molecule has 0 spiro atoms. The number of amides is 1. The summed E-state index contributed by atoms with van der Waals surface area (Å²) in [6.07, 6.45) is -3.60. The van der Waals surface area contributed by atoms with Crippen LogP contribution >= 0.6 is 22.6 Å². The van der Waals surface area contributed by atoms with Crippen molar-refractivity contribution in [3.05, 3.63) is 56.9 Å². The van der Waals surface area contributed by atoms with Gasteiger partial charge in [-0.2, -0.15) is 13.2 Å². The van der Waals surface area contributed by atoms with E-state index in [2.05, 4.69) is 32.9 Å². The van der Waals surface area contributed by atoms with E-state index in [0.717, 1.165) is 27.5 Å². The molecular formula is C14H10F3IN2O. The second-order valence-electron chi connectivity index (χ2n) is 4.34. The zero-order chi connectivity index (χ0) is 15.6. The Bertz CT molecular complexity index is 669. The van der Waals surface area contributed by atoms with Gasteiger partial charge in [-0.15, -0.1) is 0 Å². The van der Waals surface area contributed by atoms with Crippen molar-refractivity contribution in [2.24, 2.45) is 0 Å². The van der Waals surface area contributed by atoms with E-state index in [1.807, 2.05) is 19.1 Å². The topological polar surface area (TPSA) is 42.0 Å². The maximum atomic E-state index is 12.4. The van der Waals surface area contributed by atoms with Gasteiger partial charge >= 0.3 is 6.18 Å². The van der Waals surface area contributed by atoms with Crippen molar-refractivity contribution in [1.29, 1.82) is 0 Å². The predicted molar refractivity (Wildman–Crippen MR) is 81.1 cm³/mol. The van der Waals surface area contributed by atoms with Gasteiger partial charge in [0.25, 0.3) is 5.91 Å². The van der Waals surface area contributed by atoms with Gasteiger partial charge in [-0.3, -0.25) is 9.78 Å². The zero-order valence-corrected chi connectivity index (χ0v) is 13.0. The van der Waals surface area contributed by atoms with Crippen molar-refractivity contribution in [3.8, 4) is 0 Å². The average Bonchev–Trinajstić information content (AvgIpc) is 2.41. The smallest absolute Gasteiger partial charge is 0.322 e. The van der Waals surface area contributed by atoms with Crippen molar-refractivity contribution >= 4 is 34.2 Å². The van der Waals surface area contributed by atoms with Crippen LogP contribution in [0, 0.1) is 10.5 Å². The Morgan fingerprint density at radius 1 is 1.24 bits per heavy atom. The SMILES string of the molecule is Cc1cc(I)ccc1NC(=O)c1ccc(C(F)(F)F)nc1. The van der Waals surface area contributed by atoms with Gasteiger partial charge in [0.1, 0.15) is 5.69 Å². The highest BCUT2D eigenvalue weighted by atomic mass is 127. The number of halogens is 4. The van der Waals surface area contributed by atoms with E-state index in [9.17, 15) is 18.0 Å². The van der Waals surface area contributed by atoms with Crippen LogP contribution in [0.25, 0.3) is 0 Å². The van der Waals surface area contributed by atoms with E-state index in [1.165, 1.54) is 0 Å². The standard InChI is InChI=1S/C14H10F3IN2O/c1-8-6-10(18)3-4-11(8)20-13(21)9-2-5-12(19-7-9)14(15,16)17/h2-7H,1H3,(H,20,21). The zero-order valence-electron chi connectivity index (χ0n) is 10.8. The summed E-state index contributed by atoms with van der Waals surface area (Å²) in [4.78, 5) is 15.2. The molecule has 1 heterocycles. The summed E-state index contributed by atoms with van der Waals surface area (Å²) in [7, 11) is 0. The lowest BCUT2D eigenvalue weighted by molar-refractivity contribution is -0.141. The van der Waals surface area contributed by atoms with Gasteiger partial charge in [-0.1, -0.05) is 0 Å². The van der Waals surface area contributed by atoms with E-state index in [1.54, 1.807) is 6.07 Å². The van der Waals surface area contributed by atoms with Gasteiger partial charge in [0.05, 0.1) is 5.56 Å². The summed E-state index contributed by atoms with van der Waals surface area (Å²) in [5.41, 5.74) is 0.529. The fourth-order valence-electron chi connectivity index (χ4n) is 1.66. The fraction of sp³-hybridized carbons (Fsp3) is 0.143. The van der Waals surface area contributed by atoms with Crippen LogP contribution in [0.2, 0.25) is 0 Å². The number of hydrogen-bond acceptors (Lipinski definition) is 2. The Kier molecular flexibility index (Phi) is 4.50. The molecule has 1 N–H and O–H groups in total. The molecule has 0 bridgehead atoms. The molecule has 0 aliphatic rings. The largest absolute Gasteiger partial charge is 0.433 e. The summed E-state index contributed by atoms with van der Waals surface area (Å²) >= 11 is 2.15. The molecule has 0 unspecified atom stereocenters. The Balaban J connectivity index is 2.17. The van der Waals surface area contributed by atoms with Crippen LogP contribution in [-0.2, 0) is 6.18 Å². The Hall–Kier alpha value is -1.64. The maximum Gasteiger partial charge on any atom is 0.433 e. The van der Waals surface area contributed by atoms with Crippen molar-refractivity contribution in [2.45, 2.75) is 13.1 Å². The average molecular weight is 406 g/mol. The van der Waals surface area contributed by atoms with Gasteiger partial charge in [0.2, 0.25) is 0 Å². The minimum absolute atomic E-state index is 0.0703. The van der Waals surface area contributed by atoms with E-state index in [-0.39, 0.29) is 5.56 Å². The van der Waals surface area contributed by atoms with Crippen molar-refractivity contribution in [2.75, 3.05) is 5.32 Å². The third kappa shape index (κ3) is 3.93. The van der Waals surface area contributed by atoms with Crippen LogP contribution in [0.5, 0.6) is 0 Å². The summed E-state index contributed by atoms with van der Waals surface area (Å²) in [5, 5.41) is 2.65. The second kappa shape index (κ2) is 6.00. The number of anilines is 1. The van der Waals surface area contributed by atoms with Crippen LogP contribution in [-0.4, -0.2) is 10.9 Å². The molecule has 0 saturated carbocycles. The van der Waals surface area contributed by atoms with Crippen molar-refractivity contribution < 1.29 is 18.0 Å². The molecule has 1 amide bonds. The Labute approximate surface area is 132 Å². The maximum absolute atomic E-state index is 12.4. The minimum Gasteiger partial charge on any atom is -0.322 e. The van der Waals surface area contributed by atoms with Crippen LogP contribution in [0.3, 0.4) is 0 Å². The number of aromatic nitrogens is 1. The van der Waals surface area contributed by atoms with E-state index in [0.29, 0.717) is 5.69 Å². The van der Waals surface area contributed by atoms with Crippen molar-refractivity contribution in [3.63, 3.8) is 0 Å². The Morgan fingerprint density at radius 2 is 1.95 bits per heavy atom. The third-order valence-corrected chi connectivity index (χ3v) is 3.42. The molecular weight excluding hydrogens is 396 g/mol. The number of nitrogens with one attached hydrogen (secondary N) is 1. The minimum atomic E-state index is -4.51. The highest BCUT2D eigenvalue weighted by Gasteiger charge is 2.32. The number of hydrogen-bond donors (Lipinski definition) is 1. The van der Waals surface area contributed by atoms with Crippen molar-refractivity contribution in [1.82, 2.24) is 4.98 Å². The first-order chi connectivity index (χ1) is 9.77. The monoisotopic (exact) mass is 406 g/mol. The molecule has 1 aromatic carbocycles. The molecule has 0 aliphatic heterocycles. The number of aryl methyl sites for hydroxylation is 1. The molecule has 0 radical (unpaired) electrons. The number of rotatable bonds is 2. The summed E-state index contributed by atoms with van der Waals surface area (Å²) < 4.78 is 38.2. The lowest BCUT2D eigenvalue weighted by Gasteiger charge is -2.09. The van der Waals surface area contributed by atoms with Crippen LogP contribution in [0.4, 0.5) is 18.9 Å². The first kappa shape index (κ1) is 15.7. The van der Waals surface area contributed by atoms with Gasteiger partial charge < -0.3 is 5.32 Å². The molecule has 0 atom stereocenters. The molecule has 3 nitrogen and oxygen atoms in total. The number of alkyl halides is 3. The highest BCUT2D eigenvalue weighted by Crippen LogP contribution is 2.27. The van der Waals surface area contributed by atoms with E-state index < -0.39 is 17.8 Å². The van der Waals surface area contributed by atoms with Crippen LogP contribution < -0.4 is 5.32 Å². The van der Waals surface area contributed by atoms with Gasteiger partial charge in [0.15, 0.2) is 0 Å². The molecule has 1 aromatic heterocycles. The first-order valence-electron chi connectivity index (χ1n) is 5.88. The lowest BCUT2D eigenvalue weighted by atomic mass is 10.2.